The zero-order valence-corrected chi connectivity index (χ0v) is 13.3. The lowest BCUT2D eigenvalue weighted by Crippen LogP contribution is -2.42. The van der Waals surface area contributed by atoms with E-state index in [1.165, 1.54) is 16.3 Å². The molecule has 0 radical (unpaired) electrons. The second kappa shape index (κ2) is 5.73. The molecule has 4 rings (SSSR count). The summed E-state index contributed by atoms with van der Waals surface area (Å²) >= 11 is 0. The van der Waals surface area contributed by atoms with Gasteiger partial charge in [-0.1, -0.05) is 49.4 Å². The van der Waals surface area contributed by atoms with Crippen LogP contribution in [0.2, 0.25) is 0 Å². The Balaban J connectivity index is 1.76. The summed E-state index contributed by atoms with van der Waals surface area (Å²) in [5, 5.41) is 12.7. The van der Waals surface area contributed by atoms with Gasteiger partial charge in [0.15, 0.2) is 0 Å². The Hall–Kier alpha value is -1.71. The molecule has 2 saturated heterocycles. The average molecular weight is 310 g/mol. The summed E-state index contributed by atoms with van der Waals surface area (Å²) in [5.41, 5.74) is 1.20. The lowest BCUT2D eigenvalue weighted by Gasteiger charge is -2.36. The molecule has 3 nitrogen and oxygen atoms in total. The number of hydrogen-bond acceptors (Lipinski definition) is 3. The van der Waals surface area contributed by atoms with Gasteiger partial charge in [-0.2, -0.15) is 0 Å². The number of ketones is 1. The van der Waals surface area contributed by atoms with Crippen LogP contribution in [0.15, 0.2) is 42.5 Å². The fraction of sp³-hybridized carbons (Fsp3) is 0.450. The molecule has 0 aromatic heterocycles. The van der Waals surface area contributed by atoms with Crippen LogP contribution in [0.4, 0.5) is 0 Å². The van der Waals surface area contributed by atoms with Crippen molar-refractivity contribution >= 4 is 16.6 Å². The van der Waals surface area contributed by atoms with Gasteiger partial charge in [0.2, 0.25) is 0 Å². The minimum atomic E-state index is -0.508. The molecule has 1 N–H and O–H groups in total. The summed E-state index contributed by atoms with van der Waals surface area (Å²) in [4.78, 5) is 12.6. The van der Waals surface area contributed by atoms with Crippen LogP contribution in [0.1, 0.15) is 37.7 Å². The van der Waals surface area contributed by atoms with E-state index in [0.29, 0.717) is 12.8 Å². The molecular weight excluding hydrogens is 288 g/mol. The quantitative estimate of drug-likeness (QED) is 0.944. The Bertz CT molecular complexity index is 738. The van der Waals surface area contributed by atoms with E-state index in [2.05, 4.69) is 30.3 Å². The number of carbonyl (C=O) groups excluding carboxylic acids is 1. The molecule has 0 saturated carbocycles. The number of benzene rings is 2. The van der Waals surface area contributed by atoms with Crippen molar-refractivity contribution in [1.29, 1.82) is 0 Å². The molecule has 0 amide bonds. The highest BCUT2D eigenvalue weighted by molar-refractivity contribution is 5.85. The van der Waals surface area contributed by atoms with Crippen LogP contribution in [0.25, 0.3) is 10.8 Å². The van der Waals surface area contributed by atoms with Gasteiger partial charge >= 0.3 is 0 Å². The van der Waals surface area contributed by atoms with E-state index in [9.17, 15) is 9.90 Å². The third kappa shape index (κ3) is 2.48. The predicted octanol–water partition coefficient (Wildman–Crippen LogP) is 3.44. The number of rotatable bonds is 3. The Morgan fingerprint density at radius 2 is 1.96 bits per heavy atom. The fourth-order valence-electron chi connectivity index (χ4n) is 4.33. The maximum atomic E-state index is 12.6. The number of fused-ring (bicyclic) bond motifs is 3. The zero-order chi connectivity index (χ0) is 16.0. The largest absolute Gasteiger partial charge is 0.390 e. The van der Waals surface area contributed by atoms with Crippen molar-refractivity contribution in [2.24, 2.45) is 5.92 Å². The van der Waals surface area contributed by atoms with Crippen molar-refractivity contribution in [3.05, 3.63) is 48.0 Å². The van der Waals surface area contributed by atoms with E-state index in [4.69, 9.17) is 4.74 Å². The number of hydrogen-bond donors (Lipinski definition) is 1. The third-order valence-corrected chi connectivity index (χ3v) is 5.46. The van der Waals surface area contributed by atoms with E-state index in [-0.39, 0.29) is 29.8 Å². The number of aliphatic hydroxyl groups is 1. The van der Waals surface area contributed by atoms with Gasteiger partial charge in [0.25, 0.3) is 0 Å². The monoisotopic (exact) mass is 310 g/mol. The first-order valence-corrected chi connectivity index (χ1v) is 8.52. The standard InChI is InChI=1S/C20H22O3/c1-2-17(21)19-16(10-15-11-18(22)20(19)23-15)14-8-7-12-5-3-4-6-13(12)9-14/h3-9,15-16,18-20,22H,2,10-11H2,1H3/t15?,16-,18?,19+,20+/m0/s1. The Morgan fingerprint density at radius 1 is 1.17 bits per heavy atom. The Kier molecular flexibility index (Phi) is 3.70. The molecule has 0 aliphatic carbocycles. The second-order valence-electron chi connectivity index (χ2n) is 6.82. The lowest BCUT2D eigenvalue weighted by atomic mass is 9.75. The molecular formula is C20H22O3. The van der Waals surface area contributed by atoms with Crippen LogP contribution >= 0.6 is 0 Å². The minimum Gasteiger partial charge on any atom is -0.390 e. The third-order valence-electron chi connectivity index (χ3n) is 5.46. The van der Waals surface area contributed by atoms with Crippen LogP contribution in [-0.4, -0.2) is 29.2 Å². The first kappa shape index (κ1) is 14.9. The normalized spacial score (nSPS) is 33.0. The van der Waals surface area contributed by atoms with Crippen molar-refractivity contribution in [2.45, 2.75) is 50.4 Å². The molecule has 2 unspecified atom stereocenters. The summed E-state index contributed by atoms with van der Waals surface area (Å²) in [6.07, 6.45) is 1.20. The summed E-state index contributed by atoms with van der Waals surface area (Å²) in [6.45, 7) is 1.90. The van der Waals surface area contributed by atoms with Gasteiger partial charge in [-0.15, -0.1) is 0 Å². The molecule has 2 fully saturated rings. The molecule has 23 heavy (non-hydrogen) atoms. The molecule has 2 bridgehead atoms. The molecule has 2 aromatic rings. The van der Waals surface area contributed by atoms with Crippen molar-refractivity contribution in [2.75, 3.05) is 0 Å². The van der Waals surface area contributed by atoms with E-state index >= 15 is 0 Å². The highest BCUT2D eigenvalue weighted by Gasteiger charge is 2.50. The van der Waals surface area contributed by atoms with Crippen LogP contribution < -0.4 is 0 Å². The van der Waals surface area contributed by atoms with Gasteiger partial charge in [-0.05, 0) is 28.7 Å². The average Bonchev–Trinajstić information content (AvgIpc) is 2.88. The van der Waals surface area contributed by atoms with Crippen molar-refractivity contribution in [1.82, 2.24) is 0 Å². The first-order valence-electron chi connectivity index (χ1n) is 8.52. The smallest absolute Gasteiger partial charge is 0.139 e. The topological polar surface area (TPSA) is 46.5 Å². The molecule has 0 spiro atoms. The maximum absolute atomic E-state index is 12.6. The fourth-order valence-corrected chi connectivity index (χ4v) is 4.33. The molecule has 2 aromatic carbocycles. The van der Waals surface area contributed by atoms with Crippen LogP contribution in [-0.2, 0) is 9.53 Å². The van der Waals surface area contributed by atoms with E-state index in [1.807, 2.05) is 19.1 Å². The van der Waals surface area contributed by atoms with Crippen LogP contribution in [0, 0.1) is 5.92 Å². The summed E-state index contributed by atoms with van der Waals surface area (Å²) in [6, 6.07) is 14.8. The summed E-state index contributed by atoms with van der Waals surface area (Å²) < 4.78 is 5.91. The van der Waals surface area contributed by atoms with Crippen molar-refractivity contribution in [3.63, 3.8) is 0 Å². The van der Waals surface area contributed by atoms with Crippen molar-refractivity contribution in [3.8, 4) is 0 Å². The van der Waals surface area contributed by atoms with Crippen LogP contribution in [0.5, 0.6) is 0 Å². The number of carbonyl (C=O) groups is 1. The second-order valence-corrected chi connectivity index (χ2v) is 6.82. The van der Waals surface area contributed by atoms with E-state index in [1.54, 1.807) is 0 Å². The van der Waals surface area contributed by atoms with E-state index < -0.39 is 6.10 Å². The van der Waals surface area contributed by atoms with Gasteiger partial charge in [0, 0.05) is 12.8 Å². The summed E-state index contributed by atoms with van der Waals surface area (Å²) in [5.74, 6) is 0.121. The Labute approximate surface area is 136 Å². The van der Waals surface area contributed by atoms with E-state index in [0.717, 1.165) is 6.42 Å². The first-order chi connectivity index (χ1) is 11.2. The maximum Gasteiger partial charge on any atom is 0.139 e. The minimum absolute atomic E-state index is 0.0763. The number of aliphatic hydroxyl groups excluding tert-OH is 1. The predicted molar refractivity (Wildman–Crippen MR) is 89.4 cm³/mol. The number of Topliss-reactive ketones (excluding diaryl/α,β-unsaturated/α-hetero) is 1. The SMILES string of the molecule is CCC(=O)[C@@H]1[C@@H]2OC(CC2O)C[C@H]1c1ccc2ccccc2c1. The number of ether oxygens (including phenoxy) is 1. The molecule has 3 heteroatoms. The van der Waals surface area contributed by atoms with Gasteiger partial charge < -0.3 is 9.84 Å². The highest BCUT2D eigenvalue weighted by Crippen LogP contribution is 2.46. The van der Waals surface area contributed by atoms with Gasteiger partial charge in [-0.25, -0.2) is 0 Å². The van der Waals surface area contributed by atoms with Crippen LogP contribution in [0.3, 0.4) is 0 Å². The van der Waals surface area contributed by atoms with Gasteiger partial charge in [0.1, 0.15) is 5.78 Å². The Morgan fingerprint density at radius 3 is 2.74 bits per heavy atom. The molecule has 120 valence electrons. The molecule has 2 aliphatic rings. The van der Waals surface area contributed by atoms with Gasteiger partial charge in [0.05, 0.1) is 24.2 Å². The lowest BCUT2D eigenvalue weighted by molar-refractivity contribution is -0.137. The highest BCUT2D eigenvalue weighted by atomic mass is 16.5. The molecule has 5 atom stereocenters. The molecule has 2 heterocycles. The van der Waals surface area contributed by atoms with Gasteiger partial charge in [-0.3, -0.25) is 4.79 Å². The summed E-state index contributed by atoms with van der Waals surface area (Å²) in [7, 11) is 0. The zero-order valence-electron chi connectivity index (χ0n) is 13.3. The molecule has 2 aliphatic heterocycles. The van der Waals surface area contributed by atoms with Crippen molar-refractivity contribution < 1.29 is 14.6 Å².